The monoisotopic (exact) mass is 89.1 g/mol. The number of hydrogen-bond donors (Lipinski definition) is 2. The first-order valence-electron chi connectivity index (χ1n) is 2.13. The summed E-state index contributed by atoms with van der Waals surface area (Å²) in [5, 5.41) is 9.95. The molecule has 38 valence electrons. The Morgan fingerprint density at radius 3 is 2.50 bits per heavy atom. The van der Waals surface area contributed by atoms with Gasteiger partial charge < -0.3 is 10.4 Å². The van der Waals surface area contributed by atoms with Crippen LogP contribution in [0.15, 0.2) is 0 Å². The summed E-state index contributed by atoms with van der Waals surface area (Å²) in [7, 11) is 3.49. The molecule has 0 bridgehead atoms. The Morgan fingerprint density at radius 2 is 2.33 bits per heavy atom. The van der Waals surface area contributed by atoms with Gasteiger partial charge in [0.1, 0.15) is 0 Å². The maximum Gasteiger partial charge on any atom is 0.0537 e. The molecule has 0 spiro atoms. The lowest BCUT2D eigenvalue weighted by molar-refractivity contribution is -0.596. The second-order valence-corrected chi connectivity index (χ2v) is 1.15. The van der Waals surface area contributed by atoms with Crippen molar-refractivity contribution in [3.63, 3.8) is 0 Å². The maximum atomic E-state index is 8.15. The second-order valence-electron chi connectivity index (χ2n) is 1.15. The molecular weight excluding hydrogens is 78.0 g/mol. The molecule has 3 N–H and O–H groups in total. The summed E-state index contributed by atoms with van der Waals surface area (Å²) in [6, 6.07) is 0. The fourth-order valence-corrected chi connectivity index (χ4v) is 0.236. The highest BCUT2D eigenvalue weighted by atomic mass is 16.3. The molecule has 0 fully saturated rings. The van der Waals surface area contributed by atoms with Crippen LogP contribution in [0, 0.1) is 7.05 Å². The zero-order valence-electron chi connectivity index (χ0n) is 3.85. The van der Waals surface area contributed by atoms with Gasteiger partial charge in [0.2, 0.25) is 0 Å². The van der Waals surface area contributed by atoms with E-state index in [2.05, 4.69) is 7.05 Å². The topological polar surface area (TPSA) is 36.8 Å². The quantitative estimate of drug-likeness (QED) is 0.328. The number of aliphatic hydroxyl groups is 1. The van der Waals surface area contributed by atoms with Crippen LogP contribution in [0.25, 0.3) is 0 Å². The molecule has 0 amide bonds. The van der Waals surface area contributed by atoms with Crippen molar-refractivity contribution < 1.29 is 10.4 Å². The van der Waals surface area contributed by atoms with Crippen LogP contribution in [-0.2, 0) is 0 Å². The number of hydrogen-bond acceptors (Lipinski definition) is 1. The van der Waals surface area contributed by atoms with Gasteiger partial charge in [0.25, 0.3) is 0 Å². The van der Waals surface area contributed by atoms with E-state index in [1.807, 2.05) is 0 Å². The third-order valence-electron chi connectivity index (χ3n) is 0.566. The molecule has 0 aromatic heterocycles. The molecule has 2 nitrogen and oxygen atoms in total. The fraction of sp³-hybridized carbons (Fsp3) is 0.750. The van der Waals surface area contributed by atoms with Gasteiger partial charge in [-0.1, -0.05) is 0 Å². The summed E-state index contributed by atoms with van der Waals surface area (Å²) >= 11 is 0. The Bertz CT molecular complexity index is 19.5. The zero-order chi connectivity index (χ0) is 4.83. The van der Waals surface area contributed by atoms with Crippen LogP contribution in [0.5, 0.6) is 0 Å². The van der Waals surface area contributed by atoms with Crippen LogP contribution in [-0.4, -0.2) is 18.3 Å². The largest absolute Gasteiger partial charge is 0.479 e. The molecule has 0 saturated heterocycles. The highest BCUT2D eigenvalue weighted by Crippen LogP contribution is 1.61. The molecule has 0 saturated carbocycles. The van der Waals surface area contributed by atoms with Crippen LogP contribution in [0.1, 0.15) is 6.42 Å². The van der Waals surface area contributed by atoms with Crippen molar-refractivity contribution in [2.24, 2.45) is 0 Å². The van der Waals surface area contributed by atoms with E-state index in [1.165, 1.54) is 0 Å². The number of rotatable bonds is 3. The molecule has 0 aliphatic heterocycles. The average molecular weight is 89.1 g/mol. The molecule has 0 unspecified atom stereocenters. The molecular formula is C4H11NO. The first-order chi connectivity index (χ1) is 2.91. The fourth-order valence-electron chi connectivity index (χ4n) is 0.236. The zero-order valence-corrected chi connectivity index (χ0v) is 3.85. The average Bonchev–Trinajstić information content (AvgIpc) is 1.61. The Hall–Kier alpha value is -0.0800. The summed E-state index contributed by atoms with van der Waals surface area (Å²) in [6.07, 6.45) is 0.851. The Kier molecular flexibility index (Phi) is 4.85. The van der Waals surface area contributed by atoms with Gasteiger partial charge in [-0.2, -0.15) is 7.05 Å². The van der Waals surface area contributed by atoms with Crippen LogP contribution < -0.4 is 5.32 Å². The van der Waals surface area contributed by atoms with Crippen molar-refractivity contribution in [1.29, 1.82) is 0 Å². The molecule has 0 aliphatic carbocycles. The lowest BCUT2D eigenvalue weighted by atomic mass is 10.5. The molecule has 0 aromatic carbocycles. The standard InChI is InChI=1S/C4H11NO/c1-5-3-2-4-6/h6H,1-5H2. The number of aliphatic hydroxyl groups excluding tert-OH is 1. The third kappa shape index (κ3) is 3.92. The van der Waals surface area contributed by atoms with Crippen molar-refractivity contribution in [2.75, 3.05) is 13.2 Å². The number of nitrogens with two attached hydrogens (primary N) is 1. The van der Waals surface area contributed by atoms with E-state index in [1.54, 1.807) is 5.32 Å². The predicted molar refractivity (Wildman–Crippen MR) is 23.9 cm³/mol. The Balaban J connectivity index is 2.34. The van der Waals surface area contributed by atoms with Crippen LogP contribution in [0.3, 0.4) is 0 Å². The molecule has 0 radical (unpaired) electrons. The Morgan fingerprint density at radius 1 is 1.67 bits per heavy atom. The van der Waals surface area contributed by atoms with Gasteiger partial charge >= 0.3 is 0 Å². The molecule has 0 aliphatic rings. The normalized spacial score (nSPS) is 9.00. The first-order valence-corrected chi connectivity index (χ1v) is 2.13. The van der Waals surface area contributed by atoms with Crippen molar-refractivity contribution >= 4 is 0 Å². The lowest BCUT2D eigenvalue weighted by Gasteiger charge is -1.92. The van der Waals surface area contributed by atoms with E-state index in [0.717, 1.165) is 13.0 Å². The molecule has 0 aromatic rings. The Labute approximate surface area is 38.2 Å². The highest BCUT2D eigenvalue weighted by molar-refractivity contribution is 4.22. The van der Waals surface area contributed by atoms with Gasteiger partial charge in [-0.15, -0.1) is 0 Å². The molecule has 2 heteroatoms. The van der Waals surface area contributed by atoms with Crippen molar-refractivity contribution in [3.05, 3.63) is 7.05 Å². The molecule has 6 heavy (non-hydrogen) atoms. The summed E-state index contributed by atoms with van der Waals surface area (Å²) in [4.78, 5) is 0. The van der Waals surface area contributed by atoms with Crippen LogP contribution in [0.2, 0.25) is 0 Å². The summed E-state index contributed by atoms with van der Waals surface area (Å²) in [6.45, 7) is 1.21. The summed E-state index contributed by atoms with van der Waals surface area (Å²) in [5.74, 6) is 0. The molecule has 0 rings (SSSR count). The van der Waals surface area contributed by atoms with E-state index < -0.39 is 0 Å². The summed E-state index contributed by atoms with van der Waals surface area (Å²) in [5.41, 5.74) is 0. The third-order valence-corrected chi connectivity index (χ3v) is 0.566. The number of quaternary nitrogens is 1. The van der Waals surface area contributed by atoms with Gasteiger partial charge in [0.15, 0.2) is 0 Å². The van der Waals surface area contributed by atoms with E-state index in [9.17, 15) is 0 Å². The maximum absolute atomic E-state index is 8.15. The van der Waals surface area contributed by atoms with E-state index >= 15 is 0 Å². The van der Waals surface area contributed by atoms with Crippen LogP contribution >= 0.6 is 0 Å². The molecule has 0 atom stereocenters. The minimum absolute atomic E-state index is 0.284. The van der Waals surface area contributed by atoms with Gasteiger partial charge in [0.05, 0.1) is 6.54 Å². The molecule has 0 heterocycles. The van der Waals surface area contributed by atoms with E-state index in [-0.39, 0.29) is 6.61 Å². The minimum Gasteiger partial charge on any atom is -0.479 e. The van der Waals surface area contributed by atoms with Gasteiger partial charge in [-0.05, 0) is 0 Å². The minimum atomic E-state index is 0.284. The van der Waals surface area contributed by atoms with Crippen molar-refractivity contribution in [3.8, 4) is 0 Å². The predicted octanol–water partition coefficient (Wildman–Crippen LogP) is -1.28. The van der Waals surface area contributed by atoms with Crippen molar-refractivity contribution in [2.45, 2.75) is 6.42 Å². The van der Waals surface area contributed by atoms with Crippen molar-refractivity contribution in [1.82, 2.24) is 0 Å². The van der Waals surface area contributed by atoms with E-state index in [4.69, 9.17) is 5.11 Å². The smallest absolute Gasteiger partial charge is 0.0537 e. The van der Waals surface area contributed by atoms with E-state index in [0.29, 0.717) is 0 Å². The SMILES string of the molecule is [CH2-][NH2+]CCCO. The summed E-state index contributed by atoms with van der Waals surface area (Å²) < 4.78 is 0. The first kappa shape index (κ1) is 5.92. The second kappa shape index (κ2) is 4.92. The van der Waals surface area contributed by atoms with Crippen LogP contribution in [0.4, 0.5) is 0 Å². The lowest BCUT2D eigenvalue weighted by Crippen LogP contribution is -2.77. The van der Waals surface area contributed by atoms with Gasteiger partial charge in [0, 0.05) is 13.0 Å². The highest BCUT2D eigenvalue weighted by Gasteiger charge is 1.75. The van der Waals surface area contributed by atoms with Gasteiger partial charge in [-0.25, -0.2) is 0 Å². The van der Waals surface area contributed by atoms with Gasteiger partial charge in [-0.3, -0.25) is 0 Å².